The maximum absolute atomic E-state index is 10.5. The normalized spacial score (nSPS) is 9.60. The van der Waals surface area contributed by atoms with Crippen LogP contribution >= 0.6 is 0 Å². The summed E-state index contributed by atoms with van der Waals surface area (Å²) in [5.41, 5.74) is 0. The molecule has 0 saturated carbocycles. The predicted octanol–water partition coefficient (Wildman–Crippen LogP) is 1.68. The van der Waals surface area contributed by atoms with Crippen LogP contribution in [0.25, 0.3) is 0 Å². The van der Waals surface area contributed by atoms with Crippen molar-refractivity contribution in [2.45, 2.75) is 26.9 Å². The van der Waals surface area contributed by atoms with E-state index < -0.39 is 0 Å². The lowest BCUT2D eigenvalue weighted by molar-refractivity contribution is -0.141. The molecule has 0 spiro atoms. The van der Waals surface area contributed by atoms with Gasteiger partial charge in [-0.3, -0.25) is 0 Å². The molecule has 0 bridgehead atoms. The van der Waals surface area contributed by atoms with Gasteiger partial charge in [0.1, 0.15) is 0 Å². The summed E-state index contributed by atoms with van der Waals surface area (Å²) in [7, 11) is 0. The van der Waals surface area contributed by atoms with Crippen LogP contribution in [0.5, 0.6) is 0 Å². The lowest BCUT2D eigenvalue weighted by atomic mass is 10.4. The molecule has 0 aliphatic rings. The Morgan fingerprint density at radius 2 is 2.00 bits per heavy atom. The molecule has 0 heterocycles. The molecule has 0 aromatic carbocycles. The Labute approximate surface area is 61.7 Å². The molecule has 0 amide bonds. The summed E-state index contributed by atoms with van der Waals surface area (Å²) < 4.78 is 4.76. The average Bonchev–Trinajstić information content (AvgIpc) is 1.63. The fraction of sp³-hybridized carbons (Fsp3) is 0.571. The quantitative estimate of drug-likeness (QED) is 0.475. The van der Waals surface area contributed by atoms with Gasteiger partial charge in [0.15, 0.2) is 0 Å². The van der Waals surface area contributed by atoms with Crippen molar-refractivity contribution >= 4 is 5.97 Å². The van der Waals surface area contributed by atoms with Gasteiger partial charge in [-0.05, 0) is 20.8 Å². The number of hydrogen-bond donors (Lipinski definition) is 1. The molecule has 0 aromatic rings. The van der Waals surface area contributed by atoms with Crippen LogP contribution in [-0.2, 0) is 9.53 Å². The minimum atomic E-state index is -0.271. The number of hydrogen-bond acceptors (Lipinski definition) is 3. The highest BCUT2D eigenvalue weighted by molar-refractivity contribution is 5.81. The van der Waals surface area contributed by atoms with Gasteiger partial charge in [0, 0.05) is 6.08 Å². The van der Waals surface area contributed by atoms with E-state index in [1.54, 1.807) is 13.0 Å². The third-order valence-corrected chi connectivity index (χ3v) is 0.655. The SMILES string of the molecule is C/C=C/C(=O)OC(C)C.N. The van der Waals surface area contributed by atoms with E-state index >= 15 is 0 Å². The van der Waals surface area contributed by atoms with Gasteiger partial charge < -0.3 is 10.9 Å². The fourth-order valence-corrected chi connectivity index (χ4v) is 0.408. The van der Waals surface area contributed by atoms with E-state index in [0.29, 0.717) is 0 Å². The summed E-state index contributed by atoms with van der Waals surface area (Å²) in [5.74, 6) is -0.271. The zero-order valence-corrected chi connectivity index (χ0v) is 6.76. The minimum absolute atomic E-state index is 0. The number of rotatable bonds is 2. The monoisotopic (exact) mass is 145 g/mol. The molecule has 0 unspecified atom stereocenters. The summed E-state index contributed by atoms with van der Waals surface area (Å²) in [6.07, 6.45) is 3.04. The predicted molar refractivity (Wildman–Crippen MR) is 41.1 cm³/mol. The van der Waals surface area contributed by atoms with Crippen molar-refractivity contribution in [1.29, 1.82) is 0 Å². The third kappa shape index (κ3) is 7.17. The highest BCUT2D eigenvalue weighted by Gasteiger charge is 1.97. The maximum atomic E-state index is 10.5. The zero-order chi connectivity index (χ0) is 7.28. The van der Waals surface area contributed by atoms with E-state index in [1.807, 2.05) is 13.8 Å². The van der Waals surface area contributed by atoms with Gasteiger partial charge >= 0.3 is 5.97 Å². The first-order chi connectivity index (χ1) is 4.16. The lowest BCUT2D eigenvalue weighted by Gasteiger charge is -2.02. The second kappa shape index (κ2) is 6.29. The van der Waals surface area contributed by atoms with Crippen LogP contribution < -0.4 is 6.15 Å². The molecule has 0 radical (unpaired) electrons. The molecule has 0 atom stereocenters. The second-order valence-electron chi connectivity index (χ2n) is 1.99. The van der Waals surface area contributed by atoms with Crippen LogP contribution in [0.15, 0.2) is 12.2 Å². The van der Waals surface area contributed by atoms with Crippen molar-refractivity contribution in [3.05, 3.63) is 12.2 Å². The Bertz CT molecular complexity index is 119. The van der Waals surface area contributed by atoms with Crippen molar-refractivity contribution in [3.63, 3.8) is 0 Å². The van der Waals surface area contributed by atoms with Gasteiger partial charge in [-0.15, -0.1) is 0 Å². The van der Waals surface area contributed by atoms with Crippen LogP contribution in [0.4, 0.5) is 0 Å². The van der Waals surface area contributed by atoms with E-state index in [2.05, 4.69) is 0 Å². The topological polar surface area (TPSA) is 61.3 Å². The maximum Gasteiger partial charge on any atom is 0.330 e. The van der Waals surface area contributed by atoms with Crippen LogP contribution in [0, 0.1) is 0 Å². The van der Waals surface area contributed by atoms with Crippen LogP contribution in [-0.4, -0.2) is 12.1 Å². The molecule has 3 heteroatoms. The molecule has 0 aliphatic heterocycles. The lowest BCUT2D eigenvalue weighted by Crippen LogP contribution is -2.07. The molecule has 3 nitrogen and oxygen atoms in total. The number of carbonyl (C=O) groups excluding carboxylic acids is 1. The first-order valence-electron chi connectivity index (χ1n) is 3.00. The smallest absolute Gasteiger partial charge is 0.330 e. The second-order valence-corrected chi connectivity index (χ2v) is 1.99. The first-order valence-corrected chi connectivity index (χ1v) is 3.00. The van der Waals surface area contributed by atoms with Gasteiger partial charge in [-0.2, -0.15) is 0 Å². The van der Waals surface area contributed by atoms with E-state index in [1.165, 1.54) is 6.08 Å². The van der Waals surface area contributed by atoms with Gasteiger partial charge in [-0.25, -0.2) is 4.79 Å². The molecule has 3 N–H and O–H groups in total. The molecular weight excluding hydrogens is 130 g/mol. The van der Waals surface area contributed by atoms with Crippen molar-refractivity contribution < 1.29 is 9.53 Å². The molecule has 0 aliphatic carbocycles. The number of ether oxygens (including phenoxy) is 1. The van der Waals surface area contributed by atoms with E-state index in [4.69, 9.17) is 4.74 Å². The number of carbonyl (C=O) groups is 1. The van der Waals surface area contributed by atoms with Gasteiger partial charge in [0.25, 0.3) is 0 Å². The number of esters is 1. The highest BCUT2D eigenvalue weighted by Crippen LogP contribution is 1.89. The summed E-state index contributed by atoms with van der Waals surface area (Å²) in [4.78, 5) is 10.5. The van der Waals surface area contributed by atoms with Crippen molar-refractivity contribution in [1.82, 2.24) is 6.15 Å². The molecule has 0 fully saturated rings. The van der Waals surface area contributed by atoms with Crippen LogP contribution in [0.3, 0.4) is 0 Å². The zero-order valence-electron chi connectivity index (χ0n) is 6.76. The number of allylic oxidation sites excluding steroid dienone is 1. The third-order valence-electron chi connectivity index (χ3n) is 0.655. The standard InChI is InChI=1S/C7H12O2.H3N/c1-4-5-7(8)9-6(2)3;/h4-6H,1-3H3;1H3/b5-4+;. The van der Waals surface area contributed by atoms with Crippen molar-refractivity contribution in [2.75, 3.05) is 0 Å². The largest absolute Gasteiger partial charge is 0.460 e. The van der Waals surface area contributed by atoms with Gasteiger partial charge in [-0.1, -0.05) is 6.08 Å². The Morgan fingerprint density at radius 3 is 2.30 bits per heavy atom. The Balaban J connectivity index is 0. The van der Waals surface area contributed by atoms with Crippen LogP contribution in [0.2, 0.25) is 0 Å². The minimum Gasteiger partial charge on any atom is -0.460 e. The Hall–Kier alpha value is -0.830. The van der Waals surface area contributed by atoms with Crippen LogP contribution in [0.1, 0.15) is 20.8 Å². The Morgan fingerprint density at radius 1 is 1.50 bits per heavy atom. The van der Waals surface area contributed by atoms with E-state index in [-0.39, 0.29) is 18.2 Å². The molecule has 0 saturated heterocycles. The first kappa shape index (κ1) is 11.9. The van der Waals surface area contributed by atoms with E-state index in [9.17, 15) is 4.79 Å². The molecule has 60 valence electrons. The molecule has 10 heavy (non-hydrogen) atoms. The molecule has 0 rings (SSSR count). The molecular formula is C7H15NO2. The van der Waals surface area contributed by atoms with E-state index in [0.717, 1.165) is 0 Å². The fourth-order valence-electron chi connectivity index (χ4n) is 0.408. The Kier molecular flexibility index (Phi) is 7.49. The summed E-state index contributed by atoms with van der Waals surface area (Å²) in [6, 6.07) is 0. The van der Waals surface area contributed by atoms with Crippen molar-refractivity contribution in [3.8, 4) is 0 Å². The van der Waals surface area contributed by atoms with Gasteiger partial charge in [0.2, 0.25) is 0 Å². The summed E-state index contributed by atoms with van der Waals surface area (Å²) in [6.45, 7) is 5.42. The van der Waals surface area contributed by atoms with Crippen molar-refractivity contribution in [2.24, 2.45) is 0 Å². The highest BCUT2D eigenvalue weighted by atomic mass is 16.5. The summed E-state index contributed by atoms with van der Waals surface area (Å²) >= 11 is 0. The average molecular weight is 145 g/mol. The molecule has 0 aromatic heterocycles. The van der Waals surface area contributed by atoms with Gasteiger partial charge in [0.05, 0.1) is 6.10 Å². The summed E-state index contributed by atoms with van der Waals surface area (Å²) in [5, 5.41) is 0.